The van der Waals surface area contributed by atoms with Crippen LogP contribution in [0.25, 0.3) is 0 Å². The minimum atomic E-state index is -4.95. The van der Waals surface area contributed by atoms with Gasteiger partial charge in [-0.3, -0.25) is 32.5 Å². The Hall–Kier alpha value is -5.09. The summed E-state index contributed by atoms with van der Waals surface area (Å²) >= 11 is 0. The zero-order valence-corrected chi connectivity index (χ0v) is 82.7. The Labute approximate surface area is 777 Å². The predicted octanol–water partition coefficient (Wildman–Crippen LogP) is 32.6. The number of phosphoric ester groups is 2. The summed E-state index contributed by atoms with van der Waals surface area (Å²) < 4.78 is 61.7. The largest absolute Gasteiger partial charge is 0.472 e. The van der Waals surface area contributed by atoms with E-state index in [1.54, 1.807) is 0 Å². The van der Waals surface area contributed by atoms with Gasteiger partial charge in [0.15, 0.2) is 6.10 Å². The fourth-order valence-corrected chi connectivity index (χ4v) is 15.7. The lowest BCUT2D eigenvalue weighted by atomic mass is 10.0. The minimum Gasteiger partial charge on any atom is -0.463 e. The van der Waals surface area contributed by atoms with Gasteiger partial charge in [-0.25, -0.2) is 9.13 Å². The van der Waals surface area contributed by atoms with Gasteiger partial charge in [0.2, 0.25) is 0 Å². The second kappa shape index (κ2) is 99.9. The predicted molar refractivity (Wildman–Crippen MR) is 537 cm³/mol. The molecule has 0 aromatic heterocycles. The molecule has 127 heavy (non-hydrogen) atoms. The van der Waals surface area contributed by atoms with Crippen LogP contribution in [0.3, 0.4) is 0 Å². The Morgan fingerprint density at radius 1 is 0.228 bits per heavy atom. The van der Waals surface area contributed by atoms with Crippen LogP contribution in [-0.2, 0) is 55.8 Å². The Bertz CT molecular complexity index is 2990. The highest BCUT2D eigenvalue weighted by molar-refractivity contribution is 7.47. The summed E-state index contributed by atoms with van der Waals surface area (Å²) in [5, 5.41) is 20.8. The standard InChI is InChI=1S/C109H188O16P2/c1-4-7-10-13-16-19-22-25-28-31-34-37-40-42-44-46-48-50-51-53-55-56-58-60-63-65-68-71-74-77-80-83-86-89-92-95-107(112)119-98-104(110)99-121-126(115,116)122-100-105(111)101-123-127(117,118)124-103-106(125-109(114)97-94-91-88-85-82-79-76-73-70-67-62-39-36-33-30-27-24-21-18-15-12-9-6-3)102-120-108(113)96-93-90-87-84-81-78-75-72-69-66-64-61-59-57-54-52-49-47-45-43-41-38-35-32-29-26-23-20-17-14-11-8-5-2/h8,11,16-21,25-30,34-39,42-45,49,52,67,70,104-106,110-111H,4-7,9-10,12-15,22-24,31-33,40-41,46-48,50-51,53-66,68-69,71-103H2,1-3H3,(H,115,116)(H,117,118)/b11-8-,19-16-,20-17-,21-18-,28-25-,29-26-,30-27-,37-34-,38-35-,39-36-,44-42-,45-43-,52-49-,70-67-. The first-order valence-electron chi connectivity index (χ1n) is 51.4. The quantitative estimate of drug-likeness (QED) is 0.0146. The van der Waals surface area contributed by atoms with Crippen LogP contribution in [0.2, 0.25) is 0 Å². The molecule has 0 amide bonds. The Morgan fingerprint density at radius 3 is 0.661 bits per heavy atom. The van der Waals surface area contributed by atoms with Crippen molar-refractivity contribution in [1.29, 1.82) is 0 Å². The molecular weight excluding hydrogens is 1630 g/mol. The van der Waals surface area contributed by atoms with Gasteiger partial charge in [-0.2, -0.15) is 0 Å². The molecule has 0 radical (unpaired) electrons. The van der Waals surface area contributed by atoms with Gasteiger partial charge in [0.05, 0.1) is 26.4 Å². The zero-order chi connectivity index (χ0) is 92.1. The molecule has 0 heterocycles. The van der Waals surface area contributed by atoms with Crippen LogP contribution >= 0.6 is 15.6 Å². The lowest BCUT2D eigenvalue weighted by Gasteiger charge is -2.21. The van der Waals surface area contributed by atoms with E-state index in [4.69, 9.17) is 32.3 Å². The summed E-state index contributed by atoms with van der Waals surface area (Å²) in [6.07, 6.45) is 131. The molecule has 0 fully saturated rings. The van der Waals surface area contributed by atoms with Gasteiger partial charge < -0.3 is 34.2 Å². The molecule has 0 saturated carbocycles. The van der Waals surface area contributed by atoms with E-state index in [0.29, 0.717) is 19.3 Å². The van der Waals surface area contributed by atoms with Crippen molar-refractivity contribution in [2.75, 3.05) is 39.6 Å². The van der Waals surface area contributed by atoms with Crippen molar-refractivity contribution in [3.8, 4) is 0 Å². The van der Waals surface area contributed by atoms with Crippen LogP contribution in [0.5, 0.6) is 0 Å². The zero-order valence-electron chi connectivity index (χ0n) is 80.9. The summed E-state index contributed by atoms with van der Waals surface area (Å²) in [5.74, 6) is -1.57. The van der Waals surface area contributed by atoms with Crippen LogP contribution < -0.4 is 0 Å². The lowest BCUT2D eigenvalue weighted by molar-refractivity contribution is -0.161. The van der Waals surface area contributed by atoms with E-state index < -0.39 is 91.5 Å². The number of allylic oxidation sites excluding steroid dienone is 28. The molecule has 0 saturated heterocycles. The number of hydrogen-bond acceptors (Lipinski definition) is 14. The summed E-state index contributed by atoms with van der Waals surface area (Å²) in [4.78, 5) is 59.2. The fourth-order valence-electron chi connectivity index (χ4n) is 14.1. The van der Waals surface area contributed by atoms with Gasteiger partial charge >= 0.3 is 33.6 Å². The first kappa shape index (κ1) is 122. The minimum absolute atomic E-state index is 0.0893. The molecular formula is C109H188O16P2. The van der Waals surface area contributed by atoms with E-state index in [0.717, 1.165) is 173 Å². The van der Waals surface area contributed by atoms with Gasteiger partial charge in [-0.05, 0) is 161 Å². The van der Waals surface area contributed by atoms with E-state index in [1.165, 1.54) is 212 Å². The summed E-state index contributed by atoms with van der Waals surface area (Å²) in [5.41, 5.74) is 0. The van der Waals surface area contributed by atoms with E-state index >= 15 is 0 Å². The number of aliphatic hydroxyl groups excluding tert-OH is 2. The topological polar surface area (TPSA) is 231 Å². The van der Waals surface area contributed by atoms with Crippen LogP contribution in [0.1, 0.15) is 445 Å². The second-order valence-electron chi connectivity index (χ2n) is 34.3. The molecule has 4 N–H and O–H groups in total. The third-order valence-corrected chi connectivity index (χ3v) is 23.8. The smallest absolute Gasteiger partial charge is 0.463 e. The van der Waals surface area contributed by atoms with E-state index in [-0.39, 0.29) is 19.3 Å². The normalized spacial score (nSPS) is 14.4. The average molecular weight is 1820 g/mol. The highest BCUT2D eigenvalue weighted by Crippen LogP contribution is 2.45. The molecule has 18 heteroatoms. The lowest BCUT2D eigenvalue weighted by Crippen LogP contribution is -2.30. The van der Waals surface area contributed by atoms with Gasteiger partial charge in [0, 0.05) is 19.3 Å². The van der Waals surface area contributed by atoms with E-state index in [9.17, 15) is 43.5 Å². The maximum atomic E-state index is 13.1. The first-order chi connectivity index (χ1) is 62.2. The molecule has 5 atom stereocenters. The summed E-state index contributed by atoms with van der Waals surface area (Å²) in [6, 6.07) is 0. The highest BCUT2D eigenvalue weighted by Gasteiger charge is 2.30. The monoisotopic (exact) mass is 1820 g/mol. The maximum Gasteiger partial charge on any atom is 0.472 e. The number of carbonyl (C=O) groups is 3. The van der Waals surface area contributed by atoms with Crippen LogP contribution in [-0.4, -0.2) is 95.9 Å². The van der Waals surface area contributed by atoms with Gasteiger partial charge in [-0.15, -0.1) is 0 Å². The van der Waals surface area contributed by atoms with Crippen molar-refractivity contribution >= 4 is 33.6 Å². The fraction of sp³-hybridized carbons (Fsp3) is 0.716. The van der Waals surface area contributed by atoms with Crippen molar-refractivity contribution in [2.24, 2.45) is 0 Å². The van der Waals surface area contributed by atoms with E-state index in [2.05, 4.69) is 191 Å². The molecule has 0 aliphatic heterocycles. The number of carbonyl (C=O) groups excluding carboxylic acids is 3. The highest BCUT2D eigenvalue weighted by atomic mass is 31.2. The van der Waals surface area contributed by atoms with Gasteiger partial charge in [0.1, 0.15) is 25.4 Å². The number of unbranched alkanes of at least 4 members (excludes halogenated alkanes) is 46. The molecule has 0 spiro atoms. The molecule has 0 aromatic rings. The van der Waals surface area contributed by atoms with Crippen molar-refractivity contribution in [3.63, 3.8) is 0 Å². The van der Waals surface area contributed by atoms with Crippen LogP contribution in [0, 0.1) is 0 Å². The van der Waals surface area contributed by atoms with Crippen molar-refractivity contribution in [3.05, 3.63) is 170 Å². The molecule has 0 aliphatic rings. The molecule has 730 valence electrons. The van der Waals surface area contributed by atoms with Crippen LogP contribution in [0.15, 0.2) is 170 Å². The first-order valence-corrected chi connectivity index (χ1v) is 54.4. The van der Waals surface area contributed by atoms with Gasteiger partial charge in [-0.1, -0.05) is 435 Å². The Morgan fingerprint density at radius 2 is 0.417 bits per heavy atom. The summed E-state index contributed by atoms with van der Waals surface area (Å²) in [6.45, 7) is 2.57. The van der Waals surface area contributed by atoms with Crippen molar-refractivity contribution in [2.45, 2.75) is 463 Å². The molecule has 5 unspecified atom stereocenters. The average Bonchev–Trinajstić information content (AvgIpc) is 0.900. The third-order valence-electron chi connectivity index (χ3n) is 21.9. The SMILES string of the molecule is CC/C=C\C/C=C\C/C=C\C/C=C\C/C=C\C/C=C\CCCCCCCCCCCCCCCCC(=O)OCC(COP(=O)(O)OCC(O)COP(=O)(O)OCC(O)COC(=O)CCCCCCCCCCCCCCCCCCCCC/C=C\C/C=C\C/C=C\C/C=C\CCCCC)OC(=O)CCCCCCCCC/C=C\C/C=C\C/C=C\C/C=C\CCCCC. The number of hydrogen-bond donors (Lipinski definition) is 4. The third kappa shape index (κ3) is 101. The molecule has 0 bridgehead atoms. The molecule has 0 aromatic carbocycles. The van der Waals surface area contributed by atoms with E-state index in [1.807, 2.05) is 0 Å². The van der Waals surface area contributed by atoms with Gasteiger partial charge in [0.25, 0.3) is 0 Å². The van der Waals surface area contributed by atoms with Crippen molar-refractivity contribution < 1.29 is 75.8 Å². The molecule has 0 aliphatic carbocycles. The number of ether oxygens (including phenoxy) is 3. The number of aliphatic hydroxyl groups is 2. The number of rotatable bonds is 97. The van der Waals surface area contributed by atoms with Crippen molar-refractivity contribution in [1.82, 2.24) is 0 Å². The molecule has 16 nitrogen and oxygen atoms in total. The Balaban J connectivity index is 4.55. The molecule has 0 rings (SSSR count). The Kier molecular flexibility index (Phi) is 95.9. The number of esters is 3. The second-order valence-corrected chi connectivity index (χ2v) is 37.2. The maximum absolute atomic E-state index is 13.1. The van der Waals surface area contributed by atoms with Crippen LogP contribution in [0.4, 0.5) is 0 Å². The number of phosphoric acid groups is 2. The summed E-state index contributed by atoms with van der Waals surface area (Å²) in [7, 11) is -9.82.